The topological polar surface area (TPSA) is 55.5 Å². The highest BCUT2D eigenvalue weighted by Gasteiger charge is 2.43. The molecule has 0 saturated heterocycles. The first kappa shape index (κ1) is 10.3. The number of hydrogen-bond donors (Lipinski definition) is 2. The second-order valence-electron chi connectivity index (χ2n) is 4.33. The number of nitrogens with two attached hydrogens (primary N) is 1. The molecule has 0 unspecified atom stereocenters. The molecule has 0 heterocycles. The zero-order valence-electron chi connectivity index (χ0n) is 9.21. The van der Waals surface area contributed by atoms with Gasteiger partial charge in [-0.05, 0) is 37.0 Å². The van der Waals surface area contributed by atoms with E-state index in [-0.39, 0.29) is 11.2 Å². The maximum absolute atomic E-state index is 9.72. The van der Waals surface area contributed by atoms with E-state index in [1.807, 2.05) is 19.1 Å². The summed E-state index contributed by atoms with van der Waals surface area (Å²) in [4.78, 5) is 0. The van der Waals surface area contributed by atoms with Crippen molar-refractivity contribution in [1.29, 1.82) is 0 Å². The Morgan fingerprint density at radius 3 is 2.60 bits per heavy atom. The van der Waals surface area contributed by atoms with Gasteiger partial charge in [0.15, 0.2) is 11.5 Å². The molecule has 1 aromatic carbocycles. The fourth-order valence-electron chi connectivity index (χ4n) is 1.97. The van der Waals surface area contributed by atoms with Crippen molar-refractivity contribution < 1.29 is 9.84 Å². The van der Waals surface area contributed by atoms with E-state index in [2.05, 4.69) is 0 Å². The number of phenols is 1. The second-order valence-corrected chi connectivity index (χ2v) is 4.33. The normalized spacial score (nSPS) is 17.5. The van der Waals surface area contributed by atoms with Gasteiger partial charge in [0, 0.05) is 12.0 Å². The highest BCUT2D eigenvalue weighted by Crippen LogP contribution is 2.49. The molecular formula is C12H17NO2. The Kier molecular flexibility index (Phi) is 2.35. The summed E-state index contributed by atoms with van der Waals surface area (Å²) >= 11 is 0. The summed E-state index contributed by atoms with van der Waals surface area (Å²) in [5.41, 5.74) is 7.96. The highest BCUT2D eigenvalue weighted by molar-refractivity contribution is 5.51. The molecule has 15 heavy (non-hydrogen) atoms. The standard InChI is InChI=1S/C12H17NO2/c1-8-5-9(12(7-13)3-4-12)6-10(15-2)11(8)14/h5-6,14H,3-4,7,13H2,1-2H3. The Morgan fingerprint density at radius 2 is 2.13 bits per heavy atom. The molecule has 3 nitrogen and oxygen atoms in total. The van der Waals surface area contributed by atoms with Gasteiger partial charge in [0.2, 0.25) is 0 Å². The van der Waals surface area contributed by atoms with E-state index >= 15 is 0 Å². The summed E-state index contributed by atoms with van der Waals surface area (Å²) in [6, 6.07) is 3.92. The van der Waals surface area contributed by atoms with Crippen LogP contribution in [0.3, 0.4) is 0 Å². The van der Waals surface area contributed by atoms with E-state index in [0.717, 1.165) is 18.4 Å². The largest absolute Gasteiger partial charge is 0.504 e. The van der Waals surface area contributed by atoms with E-state index in [1.54, 1.807) is 7.11 Å². The van der Waals surface area contributed by atoms with E-state index in [9.17, 15) is 5.11 Å². The number of ether oxygens (including phenoxy) is 1. The predicted octanol–water partition coefficient (Wildman–Crippen LogP) is 1.70. The van der Waals surface area contributed by atoms with Gasteiger partial charge in [-0.25, -0.2) is 0 Å². The summed E-state index contributed by atoms with van der Waals surface area (Å²) < 4.78 is 5.14. The Labute approximate surface area is 89.9 Å². The van der Waals surface area contributed by atoms with Crippen LogP contribution >= 0.6 is 0 Å². The van der Waals surface area contributed by atoms with Gasteiger partial charge < -0.3 is 15.6 Å². The second kappa shape index (κ2) is 3.42. The van der Waals surface area contributed by atoms with Crippen LogP contribution in [0, 0.1) is 6.92 Å². The molecule has 2 rings (SSSR count). The van der Waals surface area contributed by atoms with Crippen LogP contribution < -0.4 is 10.5 Å². The molecule has 0 spiro atoms. The molecular weight excluding hydrogens is 190 g/mol. The lowest BCUT2D eigenvalue weighted by molar-refractivity contribution is 0.370. The van der Waals surface area contributed by atoms with Gasteiger partial charge in [-0.2, -0.15) is 0 Å². The average Bonchev–Trinajstić information content (AvgIpc) is 3.02. The fraction of sp³-hybridized carbons (Fsp3) is 0.500. The van der Waals surface area contributed by atoms with Crippen molar-refractivity contribution in [2.45, 2.75) is 25.2 Å². The van der Waals surface area contributed by atoms with Crippen LogP contribution in [0.1, 0.15) is 24.0 Å². The number of aromatic hydroxyl groups is 1. The molecule has 1 aliphatic carbocycles. The van der Waals surface area contributed by atoms with Crippen molar-refractivity contribution in [3.63, 3.8) is 0 Å². The van der Waals surface area contributed by atoms with E-state index in [4.69, 9.17) is 10.5 Å². The van der Waals surface area contributed by atoms with Gasteiger partial charge in [0.05, 0.1) is 7.11 Å². The predicted molar refractivity (Wildman–Crippen MR) is 59.4 cm³/mol. The lowest BCUT2D eigenvalue weighted by Gasteiger charge is -2.16. The molecule has 0 aliphatic heterocycles. The van der Waals surface area contributed by atoms with Crippen LogP contribution in [0.15, 0.2) is 12.1 Å². The molecule has 1 aromatic rings. The third-order valence-corrected chi connectivity index (χ3v) is 3.34. The minimum Gasteiger partial charge on any atom is -0.504 e. The maximum Gasteiger partial charge on any atom is 0.161 e. The summed E-state index contributed by atoms with van der Waals surface area (Å²) in [6.07, 6.45) is 2.27. The summed E-state index contributed by atoms with van der Waals surface area (Å²) in [7, 11) is 1.57. The summed E-state index contributed by atoms with van der Waals surface area (Å²) in [6.45, 7) is 2.55. The van der Waals surface area contributed by atoms with Crippen LogP contribution in [0.4, 0.5) is 0 Å². The lowest BCUT2D eigenvalue weighted by atomic mass is 9.94. The van der Waals surface area contributed by atoms with Crippen molar-refractivity contribution in [1.82, 2.24) is 0 Å². The van der Waals surface area contributed by atoms with Crippen LogP contribution in [0.5, 0.6) is 11.5 Å². The minimum atomic E-state index is 0.145. The van der Waals surface area contributed by atoms with Crippen LogP contribution in [-0.4, -0.2) is 18.8 Å². The van der Waals surface area contributed by atoms with Crippen molar-refractivity contribution in [3.05, 3.63) is 23.3 Å². The smallest absolute Gasteiger partial charge is 0.161 e. The van der Waals surface area contributed by atoms with Crippen molar-refractivity contribution in [2.24, 2.45) is 5.73 Å². The molecule has 1 fully saturated rings. The van der Waals surface area contributed by atoms with E-state index < -0.39 is 0 Å². The number of hydrogen-bond acceptors (Lipinski definition) is 3. The molecule has 0 aromatic heterocycles. The molecule has 0 radical (unpaired) electrons. The first-order valence-electron chi connectivity index (χ1n) is 5.21. The van der Waals surface area contributed by atoms with Crippen molar-refractivity contribution >= 4 is 0 Å². The maximum atomic E-state index is 9.72. The Hall–Kier alpha value is -1.22. The zero-order valence-corrected chi connectivity index (χ0v) is 9.21. The van der Waals surface area contributed by atoms with Gasteiger partial charge in [-0.15, -0.1) is 0 Å². The van der Waals surface area contributed by atoms with Gasteiger partial charge in [-0.1, -0.05) is 6.07 Å². The third-order valence-electron chi connectivity index (χ3n) is 3.34. The summed E-state index contributed by atoms with van der Waals surface area (Å²) in [5.74, 6) is 0.777. The number of phenolic OH excluding ortho intramolecular Hbond substituents is 1. The lowest BCUT2D eigenvalue weighted by Crippen LogP contribution is -2.19. The zero-order chi connectivity index (χ0) is 11.1. The number of benzene rings is 1. The van der Waals surface area contributed by atoms with Crippen LogP contribution in [0.25, 0.3) is 0 Å². The SMILES string of the molecule is COc1cc(C2(CN)CC2)cc(C)c1O. The Bertz CT molecular complexity index is 383. The first-order valence-corrected chi connectivity index (χ1v) is 5.21. The molecule has 1 aliphatic rings. The molecule has 3 N–H and O–H groups in total. The monoisotopic (exact) mass is 207 g/mol. The minimum absolute atomic E-state index is 0.145. The average molecular weight is 207 g/mol. The van der Waals surface area contributed by atoms with Gasteiger partial charge in [0.25, 0.3) is 0 Å². The van der Waals surface area contributed by atoms with Crippen molar-refractivity contribution in [3.8, 4) is 11.5 Å². The third kappa shape index (κ3) is 1.57. The molecule has 0 atom stereocenters. The summed E-state index contributed by atoms with van der Waals surface area (Å²) in [5, 5.41) is 9.72. The molecule has 82 valence electrons. The number of methoxy groups -OCH3 is 1. The van der Waals surface area contributed by atoms with Gasteiger partial charge in [-0.3, -0.25) is 0 Å². The molecule has 3 heteroatoms. The number of aryl methyl sites for hydroxylation is 1. The number of rotatable bonds is 3. The quantitative estimate of drug-likeness (QED) is 0.793. The molecule has 0 amide bonds. The van der Waals surface area contributed by atoms with Crippen LogP contribution in [0.2, 0.25) is 0 Å². The van der Waals surface area contributed by atoms with Crippen LogP contribution in [-0.2, 0) is 5.41 Å². The highest BCUT2D eigenvalue weighted by atomic mass is 16.5. The molecule has 0 bridgehead atoms. The first-order chi connectivity index (χ1) is 7.13. The Balaban J connectivity index is 2.46. The Morgan fingerprint density at radius 1 is 1.47 bits per heavy atom. The van der Waals surface area contributed by atoms with Gasteiger partial charge >= 0.3 is 0 Å². The van der Waals surface area contributed by atoms with Crippen molar-refractivity contribution in [2.75, 3.05) is 13.7 Å². The van der Waals surface area contributed by atoms with Gasteiger partial charge in [0.1, 0.15) is 0 Å². The van der Waals surface area contributed by atoms with E-state index in [1.165, 1.54) is 5.56 Å². The fourth-order valence-corrected chi connectivity index (χ4v) is 1.97. The van der Waals surface area contributed by atoms with E-state index in [0.29, 0.717) is 12.3 Å². The molecule has 1 saturated carbocycles.